The van der Waals surface area contributed by atoms with Crippen LogP contribution in [-0.4, -0.2) is 29.1 Å². The standard InChI is InChI=1S/C26H22F4N2O5/c1-25(27,28)26(29,30)37-22-8-4-17(5-9-22)24(35)36-21-6-2-15(3-7-21)10-18(23(33)34)11-16-12-19(31)14-20(32)13-16/h2-10,12-14H,11,31-32H2,1H3,(H,33,34). The molecule has 5 N–H and O–H groups in total. The quantitative estimate of drug-likeness (QED) is 0.114. The SMILES string of the molecule is CC(F)(F)C(F)(F)Oc1ccc(C(=O)Oc2ccc(C=C(Cc3cc(N)cc(N)c3)C(=O)O)cc2)cc1. The number of esters is 1. The molecule has 3 aromatic carbocycles. The molecule has 11 heteroatoms. The highest BCUT2D eigenvalue weighted by atomic mass is 19.3. The van der Waals surface area contributed by atoms with E-state index >= 15 is 0 Å². The Morgan fingerprint density at radius 3 is 1.95 bits per heavy atom. The molecule has 0 atom stereocenters. The Kier molecular flexibility index (Phi) is 7.76. The lowest BCUT2D eigenvalue weighted by Gasteiger charge is -2.23. The summed E-state index contributed by atoms with van der Waals surface area (Å²) in [6.45, 7) is 0.0259. The van der Waals surface area contributed by atoms with E-state index in [2.05, 4.69) is 4.74 Å². The normalized spacial score (nSPS) is 12.2. The second-order valence-electron chi connectivity index (χ2n) is 8.15. The Morgan fingerprint density at radius 2 is 1.43 bits per heavy atom. The van der Waals surface area contributed by atoms with Crippen molar-refractivity contribution in [1.82, 2.24) is 0 Å². The van der Waals surface area contributed by atoms with Gasteiger partial charge in [0, 0.05) is 30.3 Å². The highest BCUT2D eigenvalue weighted by molar-refractivity contribution is 5.93. The molecule has 0 radical (unpaired) electrons. The van der Waals surface area contributed by atoms with Gasteiger partial charge in [0.2, 0.25) is 0 Å². The molecule has 0 saturated carbocycles. The highest BCUT2D eigenvalue weighted by Crippen LogP contribution is 2.35. The van der Waals surface area contributed by atoms with Crippen molar-refractivity contribution in [3.8, 4) is 11.5 Å². The number of hydrogen-bond donors (Lipinski definition) is 3. The number of aliphatic carboxylic acids is 1. The summed E-state index contributed by atoms with van der Waals surface area (Å²) in [6, 6.07) is 14.8. The summed E-state index contributed by atoms with van der Waals surface area (Å²) in [6.07, 6.45) is -3.21. The summed E-state index contributed by atoms with van der Waals surface area (Å²) in [5.41, 5.74) is 13.5. The zero-order valence-corrected chi connectivity index (χ0v) is 19.4. The molecule has 0 unspecified atom stereocenters. The first-order chi connectivity index (χ1) is 17.2. The van der Waals surface area contributed by atoms with Crippen LogP contribution in [0.25, 0.3) is 6.08 Å². The van der Waals surface area contributed by atoms with E-state index in [1.165, 1.54) is 30.3 Å². The van der Waals surface area contributed by atoms with Gasteiger partial charge in [0.15, 0.2) is 0 Å². The topological polar surface area (TPSA) is 125 Å². The number of rotatable bonds is 9. The summed E-state index contributed by atoms with van der Waals surface area (Å²) in [7, 11) is 0. The smallest absolute Gasteiger partial charge is 0.463 e. The molecule has 0 saturated heterocycles. The number of nitrogen functional groups attached to an aromatic ring is 2. The van der Waals surface area contributed by atoms with Crippen molar-refractivity contribution in [3.63, 3.8) is 0 Å². The molecule has 0 heterocycles. The van der Waals surface area contributed by atoms with E-state index in [1.54, 1.807) is 18.2 Å². The average molecular weight is 518 g/mol. The maximum atomic E-state index is 13.3. The van der Waals surface area contributed by atoms with Gasteiger partial charge in [-0.2, -0.15) is 17.6 Å². The van der Waals surface area contributed by atoms with Gasteiger partial charge in [-0.15, -0.1) is 0 Å². The van der Waals surface area contributed by atoms with Gasteiger partial charge in [-0.05, 0) is 71.8 Å². The monoisotopic (exact) mass is 518 g/mol. The lowest BCUT2D eigenvalue weighted by atomic mass is 10.0. The average Bonchev–Trinajstić information content (AvgIpc) is 2.78. The van der Waals surface area contributed by atoms with Crippen molar-refractivity contribution in [2.24, 2.45) is 0 Å². The molecular weight excluding hydrogens is 496 g/mol. The molecule has 194 valence electrons. The van der Waals surface area contributed by atoms with Crippen LogP contribution in [0.15, 0.2) is 72.3 Å². The van der Waals surface area contributed by atoms with Crippen molar-refractivity contribution < 1.29 is 41.7 Å². The third kappa shape index (κ3) is 7.23. The van der Waals surface area contributed by atoms with Crippen LogP contribution < -0.4 is 20.9 Å². The number of anilines is 2. The molecule has 37 heavy (non-hydrogen) atoms. The van der Waals surface area contributed by atoms with E-state index in [0.717, 1.165) is 24.3 Å². The van der Waals surface area contributed by atoms with Gasteiger partial charge in [0.1, 0.15) is 11.5 Å². The summed E-state index contributed by atoms with van der Waals surface area (Å²) in [5.74, 6) is -6.81. The van der Waals surface area contributed by atoms with Crippen molar-refractivity contribution in [2.75, 3.05) is 11.5 Å². The molecular formula is C26H22F4N2O5. The maximum Gasteiger partial charge on any atom is 0.463 e. The van der Waals surface area contributed by atoms with Gasteiger partial charge < -0.3 is 26.0 Å². The molecule has 0 aliphatic rings. The predicted molar refractivity (Wildman–Crippen MR) is 129 cm³/mol. The second-order valence-corrected chi connectivity index (χ2v) is 8.15. The third-order valence-electron chi connectivity index (χ3n) is 4.99. The van der Waals surface area contributed by atoms with Crippen LogP contribution in [0.1, 0.15) is 28.4 Å². The van der Waals surface area contributed by atoms with Gasteiger partial charge >= 0.3 is 24.0 Å². The molecule has 0 aliphatic heterocycles. The molecule has 0 spiro atoms. The minimum atomic E-state index is -4.73. The molecule has 3 aromatic rings. The second kappa shape index (κ2) is 10.6. The summed E-state index contributed by atoms with van der Waals surface area (Å²) < 4.78 is 61.8. The zero-order chi connectivity index (χ0) is 27.4. The summed E-state index contributed by atoms with van der Waals surface area (Å²) in [5, 5.41) is 9.57. The van der Waals surface area contributed by atoms with Crippen LogP contribution in [0.2, 0.25) is 0 Å². The lowest BCUT2D eigenvalue weighted by molar-refractivity contribution is -0.301. The van der Waals surface area contributed by atoms with Gasteiger partial charge in [-0.25, -0.2) is 9.59 Å². The molecule has 7 nitrogen and oxygen atoms in total. The number of carbonyl (C=O) groups is 2. The number of carboxylic acids is 1. The minimum absolute atomic E-state index is 0.0259. The number of carbonyl (C=O) groups excluding carboxylic acids is 1. The first-order valence-electron chi connectivity index (χ1n) is 10.7. The van der Waals surface area contributed by atoms with Crippen LogP contribution in [0.3, 0.4) is 0 Å². The summed E-state index contributed by atoms with van der Waals surface area (Å²) >= 11 is 0. The Hall–Kier alpha value is -4.54. The number of hydrogen-bond acceptors (Lipinski definition) is 6. The predicted octanol–water partition coefficient (Wildman–Crippen LogP) is 5.41. The van der Waals surface area contributed by atoms with Crippen molar-refractivity contribution in [3.05, 3.63) is 89.0 Å². The van der Waals surface area contributed by atoms with Crippen LogP contribution in [-0.2, 0) is 11.2 Å². The highest BCUT2D eigenvalue weighted by Gasteiger charge is 2.55. The van der Waals surface area contributed by atoms with E-state index in [9.17, 15) is 32.3 Å². The number of benzene rings is 3. The van der Waals surface area contributed by atoms with E-state index in [4.69, 9.17) is 16.2 Å². The fourth-order valence-corrected chi connectivity index (χ4v) is 3.15. The lowest BCUT2D eigenvalue weighted by Crippen LogP contribution is -2.42. The molecule has 0 amide bonds. The van der Waals surface area contributed by atoms with Gasteiger partial charge in [0.05, 0.1) is 5.56 Å². The molecule has 0 aromatic heterocycles. The van der Waals surface area contributed by atoms with E-state index in [-0.39, 0.29) is 30.2 Å². The van der Waals surface area contributed by atoms with Crippen LogP contribution in [0, 0.1) is 0 Å². The summed E-state index contributed by atoms with van der Waals surface area (Å²) in [4.78, 5) is 24.0. The van der Waals surface area contributed by atoms with Crippen molar-refractivity contribution in [2.45, 2.75) is 25.4 Å². The molecule has 0 aliphatic carbocycles. The maximum absolute atomic E-state index is 13.3. The van der Waals surface area contributed by atoms with Crippen molar-refractivity contribution in [1.29, 1.82) is 0 Å². The fourth-order valence-electron chi connectivity index (χ4n) is 3.15. The zero-order valence-electron chi connectivity index (χ0n) is 19.4. The Bertz CT molecular complexity index is 1300. The van der Waals surface area contributed by atoms with Gasteiger partial charge in [0.25, 0.3) is 0 Å². The number of nitrogens with two attached hydrogens (primary N) is 2. The first kappa shape index (κ1) is 27.1. The van der Waals surface area contributed by atoms with Gasteiger partial charge in [-0.3, -0.25) is 0 Å². The molecule has 0 bridgehead atoms. The van der Waals surface area contributed by atoms with E-state index < -0.39 is 29.7 Å². The number of halogens is 4. The van der Waals surface area contributed by atoms with Crippen molar-refractivity contribution >= 4 is 29.4 Å². The molecule has 3 rings (SSSR count). The van der Waals surface area contributed by atoms with E-state index in [1.807, 2.05) is 0 Å². The van der Waals surface area contributed by atoms with Crippen LogP contribution in [0.5, 0.6) is 11.5 Å². The molecule has 0 fully saturated rings. The van der Waals surface area contributed by atoms with E-state index in [0.29, 0.717) is 22.5 Å². The number of ether oxygens (including phenoxy) is 2. The number of alkyl halides is 4. The Balaban J connectivity index is 1.67. The third-order valence-corrected chi connectivity index (χ3v) is 4.99. The van der Waals surface area contributed by atoms with Crippen LogP contribution in [0.4, 0.5) is 28.9 Å². The van der Waals surface area contributed by atoms with Gasteiger partial charge in [-0.1, -0.05) is 12.1 Å². The largest absolute Gasteiger partial charge is 0.478 e. The van der Waals surface area contributed by atoms with Crippen LogP contribution >= 0.6 is 0 Å². The first-order valence-corrected chi connectivity index (χ1v) is 10.7. The Morgan fingerprint density at radius 1 is 0.892 bits per heavy atom. The Labute approximate surface area is 208 Å². The minimum Gasteiger partial charge on any atom is -0.478 e. The number of carboxylic acid groups (broad SMARTS) is 1. The fraction of sp³-hybridized carbons (Fsp3) is 0.154.